The molecule has 4 nitrogen and oxygen atoms in total. The minimum atomic E-state index is -0.653. The van der Waals surface area contributed by atoms with E-state index in [0.717, 1.165) is 11.3 Å². The smallest absolute Gasteiger partial charge is 0.244 e. The molecular formula is C16H23NO3. The molecule has 1 atom stereocenters. The summed E-state index contributed by atoms with van der Waals surface area (Å²) in [6.07, 6.45) is 2.56. The zero-order valence-corrected chi connectivity index (χ0v) is 12.5. The van der Waals surface area contributed by atoms with E-state index in [-0.39, 0.29) is 5.91 Å². The van der Waals surface area contributed by atoms with Crippen molar-refractivity contribution in [3.63, 3.8) is 0 Å². The van der Waals surface area contributed by atoms with Gasteiger partial charge in [0.1, 0.15) is 5.75 Å². The molecule has 1 rings (SSSR count). The molecule has 0 radical (unpaired) electrons. The lowest BCUT2D eigenvalue weighted by molar-refractivity contribution is -0.119. The van der Waals surface area contributed by atoms with Gasteiger partial charge in [0, 0.05) is 6.08 Å². The fourth-order valence-corrected chi connectivity index (χ4v) is 1.48. The lowest BCUT2D eigenvalue weighted by Crippen LogP contribution is -2.50. The first-order valence-electron chi connectivity index (χ1n) is 6.76. The number of hydrogen-bond acceptors (Lipinski definition) is 3. The van der Waals surface area contributed by atoms with Crippen LogP contribution < -0.4 is 10.1 Å². The quantitative estimate of drug-likeness (QED) is 0.785. The molecule has 0 saturated heterocycles. The van der Waals surface area contributed by atoms with Gasteiger partial charge in [-0.05, 0) is 51.5 Å². The third kappa shape index (κ3) is 5.05. The summed E-state index contributed by atoms with van der Waals surface area (Å²) in [7, 11) is 0. The molecule has 20 heavy (non-hydrogen) atoms. The maximum absolute atomic E-state index is 11.8. The molecule has 2 N–H and O–H groups in total. The van der Waals surface area contributed by atoms with Gasteiger partial charge in [-0.1, -0.05) is 12.1 Å². The van der Waals surface area contributed by atoms with Gasteiger partial charge in [0.15, 0.2) is 0 Å². The van der Waals surface area contributed by atoms with Crippen LogP contribution in [0.3, 0.4) is 0 Å². The summed E-state index contributed by atoms with van der Waals surface area (Å²) in [4.78, 5) is 11.8. The SMILES string of the molecule is CCOc1ccc(/C=C/C(=O)NC(C)(C)C(C)O)cc1. The summed E-state index contributed by atoms with van der Waals surface area (Å²) in [6.45, 7) is 7.77. The van der Waals surface area contributed by atoms with Crippen LogP contribution >= 0.6 is 0 Å². The fraction of sp³-hybridized carbons (Fsp3) is 0.438. The van der Waals surface area contributed by atoms with Crippen molar-refractivity contribution < 1.29 is 14.6 Å². The van der Waals surface area contributed by atoms with Crippen LogP contribution in [-0.2, 0) is 4.79 Å². The highest BCUT2D eigenvalue weighted by Crippen LogP contribution is 2.13. The van der Waals surface area contributed by atoms with E-state index >= 15 is 0 Å². The molecule has 0 saturated carbocycles. The van der Waals surface area contributed by atoms with Crippen LogP contribution in [0.4, 0.5) is 0 Å². The Morgan fingerprint density at radius 3 is 2.50 bits per heavy atom. The summed E-state index contributed by atoms with van der Waals surface area (Å²) < 4.78 is 5.35. The number of amides is 1. The zero-order valence-electron chi connectivity index (χ0n) is 12.5. The van der Waals surface area contributed by atoms with Gasteiger partial charge in [0.05, 0.1) is 18.2 Å². The van der Waals surface area contributed by atoms with Crippen molar-refractivity contribution >= 4 is 12.0 Å². The minimum Gasteiger partial charge on any atom is -0.494 e. The molecule has 1 aromatic carbocycles. The summed E-state index contributed by atoms with van der Waals surface area (Å²) in [5.74, 6) is 0.578. The fourth-order valence-electron chi connectivity index (χ4n) is 1.48. The predicted molar refractivity (Wildman–Crippen MR) is 80.5 cm³/mol. The van der Waals surface area contributed by atoms with Gasteiger partial charge in [-0.25, -0.2) is 0 Å². The molecule has 1 amide bonds. The molecule has 1 aromatic rings. The average molecular weight is 277 g/mol. The van der Waals surface area contributed by atoms with E-state index in [0.29, 0.717) is 6.61 Å². The Balaban J connectivity index is 2.61. The minimum absolute atomic E-state index is 0.232. The van der Waals surface area contributed by atoms with Gasteiger partial charge >= 0.3 is 0 Å². The monoisotopic (exact) mass is 277 g/mol. The Hall–Kier alpha value is -1.81. The Morgan fingerprint density at radius 2 is 2.00 bits per heavy atom. The molecule has 0 heterocycles. The Kier molecular flexibility index (Phi) is 5.77. The van der Waals surface area contributed by atoms with Crippen LogP contribution in [0.1, 0.15) is 33.3 Å². The maximum Gasteiger partial charge on any atom is 0.244 e. The first-order chi connectivity index (χ1) is 9.35. The van der Waals surface area contributed by atoms with Crippen LogP contribution in [0.15, 0.2) is 30.3 Å². The Labute approximate surface area is 120 Å². The number of carbonyl (C=O) groups excluding carboxylic acids is 1. The normalized spacial score (nSPS) is 13.2. The van der Waals surface area contributed by atoms with Crippen LogP contribution in [0.25, 0.3) is 6.08 Å². The average Bonchev–Trinajstić information content (AvgIpc) is 2.37. The Bertz CT molecular complexity index is 461. The second-order valence-electron chi connectivity index (χ2n) is 5.22. The maximum atomic E-state index is 11.8. The van der Waals surface area contributed by atoms with Crippen molar-refractivity contribution in [2.75, 3.05) is 6.61 Å². The highest BCUT2D eigenvalue weighted by atomic mass is 16.5. The highest BCUT2D eigenvalue weighted by Gasteiger charge is 2.24. The summed E-state index contributed by atoms with van der Waals surface area (Å²) in [5, 5.41) is 12.3. The molecule has 1 unspecified atom stereocenters. The van der Waals surface area contributed by atoms with E-state index < -0.39 is 11.6 Å². The number of aliphatic hydroxyl groups excluding tert-OH is 1. The number of nitrogens with one attached hydrogen (secondary N) is 1. The molecule has 0 bridgehead atoms. The van der Waals surface area contributed by atoms with E-state index in [1.54, 1.807) is 26.8 Å². The van der Waals surface area contributed by atoms with E-state index in [1.807, 2.05) is 31.2 Å². The first-order valence-corrected chi connectivity index (χ1v) is 6.76. The number of ether oxygens (including phenoxy) is 1. The van der Waals surface area contributed by atoms with E-state index in [1.165, 1.54) is 6.08 Å². The lowest BCUT2D eigenvalue weighted by Gasteiger charge is -2.28. The first kappa shape index (κ1) is 16.2. The third-order valence-corrected chi connectivity index (χ3v) is 3.11. The van der Waals surface area contributed by atoms with Crippen LogP contribution in [-0.4, -0.2) is 29.3 Å². The van der Waals surface area contributed by atoms with E-state index in [9.17, 15) is 9.90 Å². The second kappa shape index (κ2) is 7.10. The number of aliphatic hydroxyl groups is 1. The van der Waals surface area contributed by atoms with E-state index in [4.69, 9.17) is 4.74 Å². The van der Waals surface area contributed by atoms with Crippen molar-refractivity contribution in [3.8, 4) is 5.75 Å². The highest BCUT2D eigenvalue weighted by molar-refractivity contribution is 5.92. The number of rotatable bonds is 6. The zero-order chi connectivity index (χ0) is 15.2. The molecule has 0 aliphatic heterocycles. The number of hydrogen-bond donors (Lipinski definition) is 2. The molecular weight excluding hydrogens is 254 g/mol. The topological polar surface area (TPSA) is 58.6 Å². The lowest BCUT2D eigenvalue weighted by atomic mass is 9.99. The van der Waals surface area contributed by atoms with Crippen molar-refractivity contribution in [3.05, 3.63) is 35.9 Å². The summed E-state index contributed by atoms with van der Waals surface area (Å²) in [6, 6.07) is 7.49. The van der Waals surface area contributed by atoms with Gasteiger partial charge < -0.3 is 15.2 Å². The van der Waals surface area contributed by atoms with Gasteiger partial charge in [0.25, 0.3) is 0 Å². The van der Waals surface area contributed by atoms with Crippen molar-refractivity contribution in [2.24, 2.45) is 0 Å². The molecule has 0 fully saturated rings. The van der Waals surface area contributed by atoms with Crippen LogP contribution in [0, 0.1) is 0 Å². The second-order valence-corrected chi connectivity index (χ2v) is 5.22. The van der Waals surface area contributed by atoms with Gasteiger partial charge in [-0.15, -0.1) is 0 Å². The van der Waals surface area contributed by atoms with Crippen LogP contribution in [0.5, 0.6) is 5.75 Å². The molecule has 0 aliphatic rings. The number of carbonyl (C=O) groups is 1. The summed E-state index contributed by atoms with van der Waals surface area (Å²) in [5.41, 5.74) is 0.263. The standard InChI is InChI=1S/C16H23NO3/c1-5-20-14-9-6-13(7-10-14)8-11-15(19)17-16(3,4)12(2)18/h6-12,18H,5H2,1-4H3,(H,17,19)/b11-8+. The predicted octanol–water partition coefficient (Wildman–Crippen LogP) is 2.37. The van der Waals surface area contributed by atoms with Crippen LogP contribution in [0.2, 0.25) is 0 Å². The molecule has 4 heteroatoms. The number of benzene rings is 1. The van der Waals surface area contributed by atoms with E-state index in [2.05, 4.69) is 5.32 Å². The van der Waals surface area contributed by atoms with Gasteiger partial charge in [0.2, 0.25) is 5.91 Å². The molecule has 110 valence electrons. The molecule has 0 aromatic heterocycles. The van der Waals surface area contributed by atoms with Gasteiger partial charge in [-0.2, -0.15) is 0 Å². The van der Waals surface area contributed by atoms with Crippen molar-refractivity contribution in [2.45, 2.75) is 39.3 Å². The molecule has 0 spiro atoms. The molecule has 0 aliphatic carbocycles. The van der Waals surface area contributed by atoms with Gasteiger partial charge in [-0.3, -0.25) is 4.79 Å². The van der Waals surface area contributed by atoms with Crippen molar-refractivity contribution in [1.29, 1.82) is 0 Å². The summed E-state index contributed by atoms with van der Waals surface area (Å²) >= 11 is 0. The Morgan fingerprint density at radius 1 is 1.40 bits per heavy atom. The van der Waals surface area contributed by atoms with Crippen molar-refractivity contribution in [1.82, 2.24) is 5.32 Å². The third-order valence-electron chi connectivity index (χ3n) is 3.11. The largest absolute Gasteiger partial charge is 0.494 e.